The minimum absolute atomic E-state index is 0.0279. The van der Waals surface area contributed by atoms with E-state index in [1.54, 1.807) is 30.3 Å². The zero-order chi connectivity index (χ0) is 17.9. The van der Waals surface area contributed by atoms with Gasteiger partial charge in [-0.3, -0.25) is 4.79 Å². The van der Waals surface area contributed by atoms with E-state index < -0.39 is 16.1 Å². The van der Waals surface area contributed by atoms with Crippen molar-refractivity contribution < 1.29 is 13.2 Å². The summed E-state index contributed by atoms with van der Waals surface area (Å²) < 4.78 is 27.2. The van der Waals surface area contributed by atoms with Gasteiger partial charge in [0.2, 0.25) is 15.9 Å². The smallest absolute Gasteiger partial charge is 0.243 e. The summed E-state index contributed by atoms with van der Waals surface area (Å²) in [5, 5.41) is 3.19. The first-order valence-corrected chi connectivity index (χ1v) is 10.5. The Bertz CT molecular complexity index is 685. The van der Waals surface area contributed by atoms with Gasteiger partial charge in [-0.05, 0) is 57.3 Å². The van der Waals surface area contributed by atoms with E-state index in [0.717, 1.165) is 38.9 Å². The van der Waals surface area contributed by atoms with Crippen LogP contribution >= 0.6 is 0 Å². The molecule has 25 heavy (non-hydrogen) atoms. The lowest BCUT2D eigenvalue weighted by atomic mass is 9.96. The van der Waals surface area contributed by atoms with E-state index >= 15 is 0 Å². The van der Waals surface area contributed by atoms with E-state index in [2.05, 4.69) is 5.32 Å². The molecule has 1 aromatic rings. The highest BCUT2D eigenvalue weighted by molar-refractivity contribution is 7.89. The van der Waals surface area contributed by atoms with Crippen molar-refractivity contribution in [2.75, 3.05) is 33.2 Å². The van der Waals surface area contributed by atoms with Gasteiger partial charge in [-0.15, -0.1) is 0 Å². The zero-order valence-corrected chi connectivity index (χ0v) is 15.5. The lowest BCUT2D eigenvalue weighted by Crippen LogP contribution is -2.50. The van der Waals surface area contributed by atoms with Crippen LogP contribution in [0.1, 0.15) is 25.7 Å². The highest BCUT2D eigenvalue weighted by atomic mass is 32.2. The van der Waals surface area contributed by atoms with Crippen LogP contribution in [0.3, 0.4) is 0 Å². The third-order valence-electron chi connectivity index (χ3n) is 5.26. The van der Waals surface area contributed by atoms with E-state index in [1.165, 1.54) is 4.31 Å². The number of nitrogens with zero attached hydrogens (tertiary/aromatic N) is 2. The summed E-state index contributed by atoms with van der Waals surface area (Å²) in [4.78, 5) is 15.1. The molecule has 0 saturated carbocycles. The molecule has 2 fully saturated rings. The number of carbonyl (C=O) groups is 1. The molecule has 3 rings (SSSR count). The van der Waals surface area contributed by atoms with Crippen molar-refractivity contribution in [2.45, 2.75) is 36.6 Å². The highest BCUT2D eigenvalue weighted by Crippen LogP contribution is 2.28. The number of hydrogen-bond acceptors (Lipinski definition) is 4. The van der Waals surface area contributed by atoms with Crippen LogP contribution in [0.15, 0.2) is 35.2 Å². The summed E-state index contributed by atoms with van der Waals surface area (Å²) in [5.74, 6) is 0.571. The molecule has 1 aromatic carbocycles. The van der Waals surface area contributed by atoms with Crippen LogP contribution in [0, 0.1) is 5.92 Å². The molecule has 1 amide bonds. The van der Waals surface area contributed by atoms with Gasteiger partial charge < -0.3 is 10.2 Å². The number of carbonyl (C=O) groups excluding carboxylic acids is 1. The first kappa shape index (κ1) is 18.4. The fraction of sp³-hybridized carbons (Fsp3) is 0.611. The Labute approximate surface area is 150 Å². The van der Waals surface area contributed by atoms with Crippen LogP contribution < -0.4 is 5.32 Å². The van der Waals surface area contributed by atoms with Gasteiger partial charge in [0.05, 0.1) is 4.90 Å². The average molecular weight is 365 g/mol. The summed E-state index contributed by atoms with van der Waals surface area (Å²) in [6.07, 6.45) is 3.30. The molecule has 2 aliphatic rings. The Morgan fingerprint density at radius 1 is 1.12 bits per heavy atom. The number of piperidine rings is 1. The topological polar surface area (TPSA) is 69.7 Å². The fourth-order valence-electron chi connectivity index (χ4n) is 3.86. The Balaban J connectivity index is 1.71. The third-order valence-corrected chi connectivity index (χ3v) is 7.18. The number of benzene rings is 1. The van der Waals surface area contributed by atoms with Gasteiger partial charge in [0.1, 0.15) is 6.04 Å². The second-order valence-electron chi connectivity index (χ2n) is 6.91. The summed E-state index contributed by atoms with van der Waals surface area (Å²) in [6.45, 7) is 2.84. The molecular weight excluding hydrogens is 338 g/mol. The number of likely N-dealkylation sites (tertiary alicyclic amines) is 1. The van der Waals surface area contributed by atoms with Crippen molar-refractivity contribution in [3.05, 3.63) is 30.3 Å². The van der Waals surface area contributed by atoms with Crippen LogP contribution in [0.25, 0.3) is 0 Å². The van der Waals surface area contributed by atoms with E-state index in [0.29, 0.717) is 18.9 Å². The number of rotatable bonds is 5. The molecule has 0 radical (unpaired) electrons. The standard InChI is InChI=1S/C18H27N3O3S/c1-19-14-15-9-12-20(13-10-15)18(22)17-8-5-11-21(17)25(23,24)16-6-3-2-4-7-16/h2-4,6-7,15,17,19H,5,8-14H2,1H3. The molecule has 0 aromatic heterocycles. The molecule has 1 unspecified atom stereocenters. The van der Waals surface area contributed by atoms with Gasteiger partial charge in [0, 0.05) is 19.6 Å². The fourth-order valence-corrected chi connectivity index (χ4v) is 5.53. The second-order valence-corrected chi connectivity index (χ2v) is 8.80. The Morgan fingerprint density at radius 2 is 1.80 bits per heavy atom. The van der Waals surface area contributed by atoms with Gasteiger partial charge >= 0.3 is 0 Å². The minimum Gasteiger partial charge on any atom is -0.341 e. The average Bonchev–Trinajstić information content (AvgIpc) is 3.13. The van der Waals surface area contributed by atoms with Gasteiger partial charge in [-0.2, -0.15) is 4.31 Å². The number of nitrogens with one attached hydrogen (secondary N) is 1. The van der Waals surface area contributed by atoms with Gasteiger partial charge in [-0.25, -0.2) is 8.42 Å². The molecule has 1 N–H and O–H groups in total. The number of hydrogen-bond donors (Lipinski definition) is 1. The Kier molecular flexibility index (Phi) is 5.76. The van der Waals surface area contributed by atoms with Gasteiger partial charge in [-0.1, -0.05) is 18.2 Å². The first-order valence-electron chi connectivity index (χ1n) is 9.04. The van der Waals surface area contributed by atoms with Crippen LogP contribution in [0.4, 0.5) is 0 Å². The van der Waals surface area contributed by atoms with Crippen LogP contribution in [0.2, 0.25) is 0 Å². The predicted octanol–water partition coefficient (Wildman–Crippen LogP) is 1.30. The molecule has 2 saturated heterocycles. The van der Waals surface area contributed by atoms with Crippen LogP contribution in [-0.4, -0.2) is 62.8 Å². The molecule has 2 aliphatic heterocycles. The number of sulfonamides is 1. The number of amides is 1. The van der Waals surface area contributed by atoms with E-state index in [-0.39, 0.29) is 10.8 Å². The van der Waals surface area contributed by atoms with E-state index in [1.807, 2.05) is 11.9 Å². The van der Waals surface area contributed by atoms with Crippen molar-refractivity contribution in [1.29, 1.82) is 0 Å². The molecule has 1 atom stereocenters. The molecule has 0 aliphatic carbocycles. The lowest BCUT2D eigenvalue weighted by Gasteiger charge is -2.35. The maximum atomic E-state index is 13.0. The largest absolute Gasteiger partial charge is 0.341 e. The monoisotopic (exact) mass is 365 g/mol. The molecule has 2 heterocycles. The SMILES string of the molecule is CNCC1CCN(C(=O)C2CCCN2S(=O)(=O)c2ccccc2)CC1. The van der Waals surface area contributed by atoms with Crippen LogP contribution in [0.5, 0.6) is 0 Å². The first-order chi connectivity index (χ1) is 12.0. The molecule has 0 spiro atoms. The summed E-state index contributed by atoms with van der Waals surface area (Å²) >= 11 is 0. The maximum absolute atomic E-state index is 13.0. The van der Waals surface area contributed by atoms with Crippen molar-refractivity contribution in [2.24, 2.45) is 5.92 Å². The Morgan fingerprint density at radius 3 is 2.44 bits per heavy atom. The van der Waals surface area contributed by atoms with Crippen molar-refractivity contribution in [3.8, 4) is 0 Å². The van der Waals surface area contributed by atoms with Crippen molar-refractivity contribution in [3.63, 3.8) is 0 Å². The summed E-state index contributed by atoms with van der Waals surface area (Å²) in [5.41, 5.74) is 0. The van der Waals surface area contributed by atoms with Crippen molar-refractivity contribution >= 4 is 15.9 Å². The molecular formula is C18H27N3O3S. The molecule has 7 heteroatoms. The molecule has 0 bridgehead atoms. The van der Waals surface area contributed by atoms with Gasteiger partial charge in [0.25, 0.3) is 0 Å². The molecule has 6 nitrogen and oxygen atoms in total. The summed E-state index contributed by atoms with van der Waals surface area (Å²) in [6, 6.07) is 7.86. The zero-order valence-electron chi connectivity index (χ0n) is 14.7. The van der Waals surface area contributed by atoms with E-state index in [4.69, 9.17) is 0 Å². The predicted molar refractivity (Wildman–Crippen MR) is 96.6 cm³/mol. The Hall–Kier alpha value is -1.44. The normalized spacial score (nSPS) is 23.1. The van der Waals surface area contributed by atoms with Gasteiger partial charge in [0.15, 0.2) is 0 Å². The van der Waals surface area contributed by atoms with Crippen LogP contribution in [-0.2, 0) is 14.8 Å². The minimum atomic E-state index is -3.62. The van der Waals surface area contributed by atoms with E-state index in [9.17, 15) is 13.2 Å². The van der Waals surface area contributed by atoms with Crippen molar-refractivity contribution in [1.82, 2.24) is 14.5 Å². The third kappa shape index (κ3) is 3.88. The molecule has 138 valence electrons. The maximum Gasteiger partial charge on any atom is 0.243 e. The highest BCUT2D eigenvalue weighted by Gasteiger charge is 2.41. The second kappa shape index (κ2) is 7.85. The summed E-state index contributed by atoms with van der Waals surface area (Å²) in [7, 11) is -1.67. The lowest BCUT2D eigenvalue weighted by molar-refractivity contribution is -0.136. The quantitative estimate of drug-likeness (QED) is 0.854.